The smallest absolute Gasteiger partial charge is 0.331 e. The molecule has 0 aliphatic carbocycles. The minimum Gasteiger partial charge on any atom is -0.458 e. The van der Waals surface area contributed by atoms with Crippen LogP contribution in [0.2, 0.25) is 0 Å². The molecule has 0 bridgehead atoms. The summed E-state index contributed by atoms with van der Waals surface area (Å²) in [5.41, 5.74) is -0.302. The number of ether oxygens (including phenoxy) is 1. The first-order chi connectivity index (χ1) is 5.57. The molecule has 0 radical (unpaired) electrons. The van der Waals surface area contributed by atoms with Crippen molar-refractivity contribution in [3.63, 3.8) is 0 Å². The van der Waals surface area contributed by atoms with Gasteiger partial charge in [-0.2, -0.15) is 0 Å². The Morgan fingerprint density at radius 1 is 1.67 bits per heavy atom. The van der Waals surface area contributed by atoms with Gasteiger partial charge in [0.05, 0.1) is 0 Å². The van der Waals surface area contributed by atoms with Crippen molar-refractivity contribution in [2.45, 2.75) is 13.3 Å². The second-order valence-electron chi connectivity index (χ2n) is 2.11. The lowest BCUT2D eigenvalue weighted by Crippen LogP contribution is -2.03. The number of rotatable bonds is 4. The summed E-state index contributed by atoms with van der Waals surface area (Å²) in [5.74, 6) is -0.771. The first-order valence-corrected chi connectivity index (χ1v) is 3.32. The number of allylic oxidation sites excluding steroid dienone is 1. The van der Waals surface area contributed by atoms with Crippen LogP contribution in [-0.4, -0.2) is 19.0 Å². The van der Waals surface area contributed by atoms with E-state index < -0.39 is 12.4 Å². The third-order valence-electron chi connectivity index (χ3n) is 1.03. The molecular formula is C8H10F2O2. The fraction of sp³-hybridized carbons (Fsp3) is 0.375. The number of carbonyl (C=O) groups is 1. The number of hydrogen-bond donors (Lipinski definition) is 0. The van der Waals surface area contributed by atoms with Crippen LogP contribution in [0.3, 0.4) is 0 Å². The topological polar surface area (TPSA) is 26.3 Å². The largest absolute Gasteiger partial charge is 0.458 e. The number of carbonyl (C=O) groups excluding carboxylic acids is 1. The first kappa shape index (κ1) is 10.8. The van der Waals surface area contributed by atoms with Crippen LogP contribution in [0, 0.1) is 0 Å². The highest BCUT2D eigenvalue weighted by molar-refractivity contribution is 5.82. The second-order valence-corrected chi connectivity index (χ2v) is 2.11. The summed E-state index contributed by atoms with van der Waals surface area (Å²) < 4.78 is 28.1. The molecular weight excluding hydrogens is 166 g/mol. The fourth-order valence-electron chi connectivity index (χ4n) is 0.432. The van der Waals surface area contributed by atoms with Gasteiger partial charge in [-0.3, -0.25) is 0 Å². The number of hydrogen-bond acceptors (Lipinski definition) is 2. The molecule has 0 aliphatic rings. The van der Waals surface area contributed by atoms with Crippen molar-refractivity contribution in [1.82, 2.24) is 0 Å². The van der Waals surface area contributed by atoms with Crippen LogP contribution >= 0.6 is 0 Å². The number of esters is 1. The third kappa shape index (κ3) is 4.60. The van der Waals surface area contributed by atoms with Gasteiger partial charge in [-0.1, -0.05) is 12.7 Å². The molecule has 0 fully saturated rings. The average molecular weight is 176 g/mol. The van der Waals surface area contributed by atoms with Crippen molar-refractivity contribution < 1.29 is 18.3 Å². The van der Waals surface area contributed by atoms with E-state index in [4.69, 9.17) is 0 Å². The zero-order chi connectivity index (χ0) is 9.56. The summed E-state index contributed by atoms with van der Waals surface area (Å²) in [5, 5.41) is 0. The van der Waals surface area contributed by atoms with Gasteiger partial charge in [0, 0.05) is 6.08 Å². The highest BCUT2D eigenvalue weighted by Crippen LogP contribution is 2.06. The molecule has 0 saturated heterocycles. The first-order valence-electron chi connectivity index (χ1n) is 3.32. The van der Waals surface area contributed by atoms with Gasteiger partial charge in [0.1, 0.15) is 6.61 Å². The molecule has 0 atom stereocenters. The summed E-state index contributed by atoms with van der Waals surface area (Å²) in [6, 6.07) is 0. The maximum absolute atomic E-state index is 11.8. The van der Waals surface area contributed by atoms with Crippen molar-refractivity contribution >= 4 is 5.97 Å². The molecule has 68 valence electrons. The summed E-state index contributed by atoms with van der Waals surface area (Å²) in [6.45, 7) is 4.50. The highest BCUT2D eigenvalue weighted by atomic mass is 19.3. The molecule has 0 aromatic carbocycles. The minimum absolute atomic E-state index is 0.0336. The molecule has 0 saturated carbocycles. The summed E-state index contributed by atoms with van der Waals surface area (Å²) >= 11 is 0. The van der Waals surface area contributed by atoms with E-state index in [1.54, 1.807) is 0 Å². The van der Waals surface area contributed by atoms with Gasteiger partial charge in [0.2, 0.25) is 0 Å². The second kappa shape index (κ2) is 5.46. The SMILES string of the molecule is C=CCOC(=O)C=C(C)C(F)F. The van der Waals surface area contributed by atoms with E-state index in [0.717, 1.165) is 6.08 Å². The van der Waals surface area contributed by atoms with Crippen molar-refractivity contribution in [2.24, 2.45) is 0 Å². The summed E-state index contributed by atoms with van der Waals surface area (Å²) in [4.78, 5) is 10.6. The normalized spacial score (nSPS) is 11.5. The molecule has 2 nitrogen and oxygen atoms in total. The van der Waals surface area contributed by atoms with Gasteiger partial charge in [-0.05, 0) is 12.5 Å². The third-order valence-corrected chi connectivity index (χ3v) is 1.03. The Morgan fingerprint density at radius 3 is 2.67 bits per heavy atom. The Morgan fingerprint density at radius 2 is 2.25 bits per heavy atom. The molecule has 0 N–H and O–H groups in total. The van der Waals surface area contributed by atoms with E-state index in [9.17, 15) is 13.6 Å². The van der Waals surface area contributed by atoms with Crippen LogP contribution < -0.4 is 0 Å². The van der Waals surface area contributed by atoms with E-state index in [1.165, 1.54) is 13.0 Å². The molecule has 12 heavy (non-hydrogen) atoms. The monoisotopic (exact) mass is 176 g/mol. The van der Waals surface area contributed by atoms with Crippen LogP contribution in [0.5, 0.6) is 0 Å². The van der Waals surface area contributed by atoms with Gasteiger partial charge in [-0.25, -0.2) is 13.6 Å². The Bertz CT molecular complexity index is 197. The van der Waals surface area contributed by atoms with Gasteiger partial charge in [0.15, 0.2) is 0 Å². The van der Waals surface area contributed by atoms with Crippen LogP contribution in [0.25, 0.3) is 0 Å². The van der Waals surface area contributed by atoms with Crippen molar-refractivity contribution in [1.29, 1.82) is 0 Å². The van der Waals surface area contributed by atoms with Crippen LogP contribution in [0.15, 0.2) is 24.3 Å². The molecule has 0 heterocycles. The quantitative estimate of drug-likeness (QED) is 0.371. The summed E-state index contributed by atoms with van der Waals surface area (Å²) in [7, 11) is 0. The fourth-order valence-corrected chi connectivity index (χ4v) is 0.432. The molecule has 0 unspecified atom stereocenters. The van der Waals surface area contributed by atoms with Crippen LogP contribution in [0.1, 0.15) is 6.92 Å². The van der Waals surface area contributed by atoms with Crippen molar-refractivity contribution in [3.05, 3.63) is 24.3 Å². The van der Waals surface area contributed by atoms with Crippen molar-refractivity contribution in [2.75, 3.05) is 6.61 Å². The van der Waals surface area contributed by atoms with Gasteiger partial charge in [0.25, 0.3) is 6.43 Å². The van der Waals surface area contributed by atoms with Gasteiger partial charge < -0.3 is 4.74 Å². The maximum atomic E-state index is 11.8. The van der Waals surface area contributed by atoms with E-state index >= 15 is 0 Å². The van der Waals surface area contributed by atoms with Crippen molar-refractivity contribution in [3.8, 4) is 0 Å². The lowest BCUT2D eigenvalue weighted by atomic mass is 10.3. The van der Waals surface area contributed by atoms with E-state index in [2.05, 4.69) is 11.3 Å². The lowest BCUT2D eigenvalue weighted by Gasteiger charge is -1.99. The minimum atomic E-state index is -2.61. The maximum Gasteiger partial charge on any atom is 0.331 e. The van der Waals surface area contributed by atoms with E-state index in [1.807, 2.05) is 0 Å². The van der Waals surface area contributed by atoms with Gasteiger partial charge in [-0.15, -0.1) is 0 Å². The zero-order valence-corrected chi connectivity index (χ0v) is 6.72. The molecule has 0 spiro atoms. The Hall–Kier alpha value is -1.19. The summed E-state index contributed by atoms with van der Waals surface area (Å²) in [6.07, 6.45) is -0.473. The zero-order valence-electron chi connectivity index (χ0n) is 6.72. The Labute approximate surface area is 69.5 Å². The predicted molar refractivity (Wildman–Crippen MR) is 40.9 cm³/mol. The standard InChI is InChI=1S/C8H10F2O2/c1-3-4-12-7(11)5-6(2)8(9)10/h3,5,8H,1,4H2,2H3. The number of alkyl halides is 2. The average Bonchev–Trinajstić information content (AvgIpc) is 2.00. The molecule has 0 aromatic heterocycles. The Kier molecular flexibility index (Phi) is 4.92. The molecule has 4 heteroatoms. The predicted octanol–water partition coefficient (Wildman–Crippen LogP) is 1.93. The molecule has 0 amide bonds. The number of halogens is 2. The van der Waals surface area contributed by atoms with E-state index in [-0.39, 0.29) is 12.2 Å². The van der Waals surface area contributed by atoms with Gasteiger partial charge >= 0.3 is 5.97 Å². The van der Waals surface area contributed by atoms with Crippen LogP contribution in [-0.2, 0) is 9.53 Å². The highest BCUT2D eigenvalue weighted by Gasteiger charge is 2.07. The Balaban J connectivity index is 3.96. The van der Waals surface area contributed by atoms with Crippen LogP contribution in [0.4, 0.5) is 8.78 Å². The molecule has 0 aliphatic heterocycles. The molecule has 0 aromatic rings. The van der Waals surface area contributed by atoms with E-state index in [0.29, 0.717) is 0 Å². The lowest BCUT2D eigenvalue weighted by molar-refractivity contribution is -0.136. The molecule has 0 rings (SSSR count).